The van der Waals surface area contributed by atoms with Crippen molar-refractivity contribution < 1.29 is 0 Å². The fourth-order valence-corrected chi connectivity index (χ4v) is 1.52. The third-order valence-corrected chi connectivity index (χ3v) is 2.13. The van der Waals surface area contributed by atoms with Crippen LogP contribution in [0.2, 0.25) is 0 Å². The molecule has 1 N–H and O–H groups in total. The van der Waals surface area contributed by atoms with Crippen molar-refractivity contribution in [3.63, 3.8) is 0 Å². The van der Waals surface area contributed by atoms with Gasteiger partial charge in [-0.3, -0.25) is 4.68 Å². The summed E-state index contributed by atoms with van der Waals surface area (Å²) in [5, 5.41) is 7.60. The van der Waals surface area contributed by atoms with E-state index in [1.807, 2.05) is 17.9 Å². The lowest BCUT2D eigenvalue weighted by atomic mass is 10.0. The Balaban J connectivity index is 2.71. The maximum atomic E-state index is 4.17. The summed E-state index contributed by atoms with van der Waals surface area (Å²) in [5.74, 6) is 0. The molecule has 0 aromatic carbocycles. The average molecular weight is 193 g/mol. The van der Waals surface area contributed by atoms with Crippen LogP contribution in [0.3, 0.4) is 0 Å². The number of nitrogens with one attached hydrogen (secondary N) is 1. The summed E-state index contributed by atoms with van der Waals surface area (Å²) in [6.07, 6.45) is 4.94. The lowest BCUT2D eigenvalue weighted by Crippen LogP contribution is -2.20. The summed E-state index contributed by atoms with van der Waals surface area (Å²) in [7, 11) is 1.94. The molecule has 0 aliphatic heterocycles. The fourth-order valence-electron chi connectivity index (χ4n) is 1.52. The highest BCUT2D eigenvalue weighted by molar-refractivity contribution is 5.13. The smallest absolute Gasteiger partial charge is 0.0537 e. The van der Waals surface area contributed by atoms with Gasteiger partial charge in [-0.1, -0.05) is 12.5 Å². The van der Waals surface area contributed by atoms with Crippen LogP contribution in [0, 0.1) is 0 Å². The van der Waals surface area contributed by atoms with Crippen LogP contribution in [0.5, 0.6) is 0 Å². The van der Waals surface area contributed by atoms with Gasteiger partial charge >= 0.3 is 0 Å². The second kappa shape index (κ2) is 4.96. The van der Waals surface area contributed by atoms with Crippen LogP contribution >= 0.6 is 0 Å². The Morgan fingerprint density at radius 3 is 2.86 bits per heavy atom. The highest BCUT2D eigenvalue weighted by Crippen LogP contribution is 2.19. The lowest BCUT2D eigenvalue weighted by molar-refractivity contribution is 0.548. The molecule has 0 fully saturated rings. The molecule has 0 bridgehead atoms. The second-order valence-corrected chi connectivity index (χ2v) is 3.72. The molecule has 0 saturated heterocycles. The number of nitrogens with zero attached hydrogens (tertiary/aromatic N) is 2. The molecule has 0 aliphatic carbocycles. The molecule has 0 spiro atoms. The van der Waals surface area contributed by atoms with Gasteiger partial charge in [0.2, 0.25) is 0 Å². The van der Waals surface area contributed by atoms with E-state index in [9.17, 15) is 0 Å². The van der Waals surface area contributed by atoms with E-state index in [1.54, 1.807) is 0 Å². The minimum absolute atomic E-state index is 0.353. The van der Waals surface area contributed by atoms with Gasteiger partial charge in [0.15, 0.2) is 0 Å². The van der Waals surface area contributed by atoms with Crippen molar-refractivity contribution >= 4 is 0 Å². The zero-order chi connectivity index (χ0) is 10.6. The zero-order valence-electron chi connectivity index (χ0n) is 9.25. The first-order valence-corrected chi connectivity index (χ1v) is 4.99. The van der Waals surface area contributed by atoms with E-state index in [-0.39, 0.29) is 0 Å². The molecular formula is C11H19N3. The van der Waals surface area contributed by atoms with E-state index in [0.717, 1.165) is 13.0 Å². The zero-order valence-corrected chi connectivity index (χ0v) is 9.25. The van der Waals surface area contributed by atoms with Crippen molar-refractivity contribution in [2.45, 2.75) is 26.3 Å². The summed E-state index contributed by atoms with van der Waals surface area (Å²) in [4.78, 5) is 0. The quantitative estimate of drug-likeness (QED) is 0.725. The summed E-state index contributed by atoms with van der Waals surface area (Å²) in [6.45, 7) is 9.08. The van der Waals surface area contributed by atoms with Gasteiger partial charge in [-0.2, -0.15) is 5.10 Å². The third-order valence-electron chi connectivity index (χ3n) is 2.13. The normalized spacial score (nSPS) is 12.8. The molecule has 1 aromatic heterocycles. The predicted octanol–water partition coefficient (Wildman–Crippen LogP) is 2.04. The maximum Gasteiger partial charge on any atom is 0.0537 e. The molecule has 3 nitrogen and oxygen atoms in total. The Morgan fingerprint density at radius 1 is 1.71 bits per heavy atom. The van der Waals surface area contributed by atoms with Gasteiger partial charge in [-0.25, -0.2) is 0 Å². The van der Waals surface area contributed by atoms with Crippen molar-refractivity contribution in [1.29, 1.82) is 0 Å². The summed E-state index contributed by atoms with van der Waals surface area (Å²) in [6, 6.07) is 0.353. The Hall–Kier alpha value is -1.09. The Bertz CT molecular complexity index is 301. The van der Waals surface area contributed by atoms with Gasteiger partial charge < -0.3 is 5.32 Å². The van der Waals surface area contributed by atoms with E-state index in [2.05, 4.69) is 37.0 Å². The molecule has 3 heteroatoms. The van der Waals surface area contributed by atoms with Crippen molar-refractivity contribution in [1.82, 2.24) is 15.1 Å². The molecular weight excluding hydrogens is 174 g/mol. The summed E-state index contributed by atoms with van der Waals surface area (Å²) >= 11 is 0. The number of hydrogen-bond acceptors (Lipinski definition) is 2. The molecule has 78 valence electrons. The molecule has 0 amide bonds. The van der Waals surface area contributed by atoms with Crippen LogP contribution in [0.4, 0.5) is 0 Å². The highest BCUT2D eigenvalue weighted by Gasteiger charge is 2.11. The topological polar surface area (TPSA) is 29.9 Å². The molecule has 0 radical (unpaired) electrons. The molecule has 1 aromatic rings. The van der Waals surface area contributed by atoms with Crippen LogP contribution in [-0.4, -0.2) is 16.3 Å². The Morgan fingerprint density at radius 2 is 2.43 bits per heavy atom. The highest BCUT2D eigenvalue weighted by atomic mass is 15.2. The van der Waals surface area contributed by atoms with Gasteiger partial charge in [-0.15, -0.1) is 6.58 Å². The fraction of sp³-hybridized carbons (Fsp3) is 0.545. The summed E-state index contributed by atoms with van der Waals surface area (Å²) < 4.78 is 1.83. The first-order valence-electron chi connectivity index (χ1n) is 4.99. The predicted molar refractivity (Wildman–Crippen MR) is 59.1 cm³/mol. The largest absolute Gasteiger partial charge is 0.310 e. The van der Waals surface area contributed by atoms with Gasteiger partial charge in [0, 0.05) is 24.8 Å². The third kappa shape index (κ3) is 3.00. The van der Waals surface area contributed by atoms with E-state index < -0.39 is 0 Å². The van der Waals surface area contributed by atoms with Crippen molar-refractivity contribution in [3.8, 4) is 0 Å². The molecule has 1 unspecified atom stereocenters. The Kier molecular flexibility index (Phi) is 3.89. The van der Waals surface area contributed by atoms with Crippen molar-refractivity contribution in [3.05, 3.63) is 30.1 Å². The van der Waals surface area contributed by atoms with Gasteiger partial charge in [0.05, 0.1) is 6.20 Å². The van der Waals surface area contributed by atoms with Crippen molar-refractivity contribution in [2.75, 3.05) is 6.54 Å². The van der Waals surface area contributed by atoms with E-state index in [0.29, 0.717) is 6.04 Å². The molecule has 1 rings (SSSR count). The minimum atomic E-state index is 0.353. The van der Waals surface area contributed by atoms with Gasteiger partial charge in [0.25, 0.3) is 0 Å². The maximum absolute atomic E-state index is 4.17. The standard InChI is InChI=1S/C11H19N3/c1-5-12-11(6-9(2)3)10-7-13-14(4)8-10/h7-8,11-12H,2,5-6H2,1,3-4H3. The number of hydrogen-bond donors (Lipinski definition) is 1. The monoisotopic (exact) mass is 193 g/mol. The average Bonchev–Trinajstić information content (AvgIpc) is 2.50. The molecule has 1 heterocycles. The van der Waals surface area contributed by atoms with Gasteiger partial charge in [-0.05, 0) is 19.9 Å². The molecule has 14 heavy (non-hydrogen) atoms. The number of rotatable bonds is 5. The van der Waals surface area contributed by atoms with Gasteiger partial charge in [0.1, 0.15) is 0 Å². The second-order valence-electron chi connectivity index (χ2n) is 3.72. The molecule has 1 atom stereocenters. The van der Waals surface area contributed by atoms with Crippen LogP contribution < -0.4 is 5.32 Å². The molecule has 0 aliphatic rings. The van der Waals surface area contributed by atoms with Crippen LogP contribution in [0.1, 0.15) is 31.9 Å². The first-order chi connectivity index (χ1) is 6.63. The van der Waals surface area contributed by atoms with Crippen LogP contribution in [0.25, 0.3) is 0 Å². The number of aryl methyl sites for hydroxylation is 1. The van der Waals surface area contributed by atoms with E-state index in [4.69, 9.17) is 0 Å². The Labute approximate surface area is 85.8 Å². The van der Waals surface area contributed by atoms with E-state index >= 15 is 0 Å². The minimum Gasteiger partial charge on any atom is -0.310 e. The lowest BCUT2D eigenvalue weighted by Gasteiger charge is -2.15. The first kappa shape index (κ1) is 11.0. The number of aromatic nitrogens is 2. The SMILES string of the molecule is C=C(C)CC(NCC)c1cnn(C)c1. The van der Waals surface area contributed by atoms with Crippen molar-refractivity contribution in [2.24, 2.45) is 7.05 Å². The molecule has 0 saturated carbocycles. The summed E-state index contributed by atoms with van der Waals surface area (Å²) in [5.41, 5.74) is 2.43. The van der Waals surface area contributed by atoms with E-state index in [1.165, 1.54) is 11.1 Å². The van der Waals surface area contributed by atoms with Crippen LogP contribution in [0.15, 0.2) is 24.5 Å². The van der Waals surface area contributed by atoms with Crippen LogP contribution in [-0.2, 0) is 7.05 Å².